The maximum Gasteiger partial charge on any atom is 0.310 e. The van der Waals surface area contributed by atoms with Gasteiger partial charge in [-0.15, -0.1) is 0 Å². The van der Waals surface area contributed by atoms with E-state index < -0.39 is 22.8 Å². The van der Waals surface area contributed by atoms with Crippen molar-refractivity contribution >= 4 is 28.3 Å². The number of nitrogen functional groups attached to an aromatic ring is 1. The minimum absolute atomic E-state index is 0.0362. The standard InChI is InChI=1S/C10H13N3O5S/c1-5(14)19-4-8(15)10(16)6-2-12-3-7(9(6)11)13(17)18/h2-3,8,10,15-16H,4H2,1H3,(H2,11,12). The summed E-state index contributed by atoms with van der Waals surface area (Å²) >= 11 is 0.835. The highest BCUT2D eigenvalue weighted by atomic mass is 32.2. The normalized spacial score (nSPS) is 13.8. The first kappa shape index (κ1) is 15.3. The quantitative estimate of drug-likeness (QED) is 0.517. The second-order valence-corrected chi connectivity index (χ2v) is 4.93. The number of pyridine rings is 1. The second-order valence-electron chi connectivity index (χ2n) is 3.73. The van der Waals surface area contributed by atoms with E-state index in [1.807, 2.05) is 0 Å². The molecule has 0 spiro atoms. The van der Waals surface area contributed by atoms with Crippen molar-refractivity contribution in [2.75, 3.05) is 11.5 Å². The highest BCUT2D eigenvalue weighted by molar-refractivity contribution is 8.13. The summed E-state index contributed by atoms with van der Waals surface area (Å²) < 4.78 is 0. The fourth-order valence-corrected chi connectivity index (χ4v) is 1.95. The Balaban J connectivity index is 2.93. The number of thioether (sulfide) groups is 1. The van der Waals surface area contributed by atoms with E-state index >= 15 is 0 Å². The van der Waals surface area contributed by atoms with Gasteiger partial charge in [-0.3, -0.25) is 19.9 Å². The molecule has 0 saturated heterocycles. The van der Waals surface area contributed by atoms with Gasteiger partial charge < -0.3 is 15.9 Å². The lowest BCUT2D eigenvalue weighted by molar-refractivity contribution is -0.384. The number of hydrogen-bond acceptors (Lipinski definition) is 8. The van der Waals surface area contributed by atoms with Crippen molar-refractivity contribution in [2.45, 2.75) is 19.1 Å². The predicted octanol–water partition coefficient (Wildman–Crippen LogP) is 0.246. The monoisotopic (exact) mass is 287 g/mol. The number of carbonyl (C=O) groups excluding carboxylic acids is 1. The van der Waals surface area contributed by atoms with Gasteiger partial charge in [0.25, 0.3) is 0 Å². The average Bonchev–Trinajstić information content (AvgIpc) is 2.34. The van der Waals surface area contributed by atoms with Gasteiger partial charge in [-0.25, -0.2) is 0 Å². The first-order chi connectivity index (χ1) is 8.84. The molecule has 0 aliphatic rings. The van der Waals surface area contributed by atoms with Crippen LogP contribution in [0.5, 0.6) is 0 Å². The van der Waals surface area contributed by atoms with E-state index in [-0.39, 0.29) is 22.1 Å². The summed E-state index contributed by atoms with van der Waals surface area (Å²) in [7, 11) is 0. The maximum atomic E-state index is 10.8. The predicted molar refractivity (Wildman–Crippen MR) is 69.4 cm³/mol. The average molecular weight is 287 g/mol. The van der Waals surface area contributed by atoms with Crippen LogP contribution in [0.15, 0.2) is 12.4 Å². The number of aromatic nitrogens is 1. The molecule has 0 aliphatic heterocycles. The Morgan fingerprint density at radius 3 is 2.74 bits per heavy atom. The van der Waals surface area contributed by atoms with Crippen LogP contribution in [-0.4, -0.2) is 37.1 Å². The van der Waals surface area contributed by atoms with Crippen LogP contribution in [-0.2, 0) is 4.79 Å². The number of aliphatic hydroxyl groups excluding tert-OH is 2. The van der Waals surface area contributed by atoms with Crippen molar-refractivity contribution in [1.29, 1.82) is 0 Å². The molecule has 0 radical (unpaired) electrons. The zero-order chi connectivity index (χ0) is 14.6. The second kappa shape index (κ2) is 6.45. The summed E-state index contributed by atoms with van der Waals surface area (Å²) in [6, 6.07) is 0. The number of hydrogen-bond donors (Lipinski definition) is 3. The van der Waals surface area contributed by atoms with E-state index in [1.54, 1.807) is 0 Å². The van der Waals surface area contributed by atoms with Gasteiger partial charge in [-0.1, -0.05) is 11.8 Å². The van der Waals surface area contributed by atoms with Crippen molar-refractivity contribution in [3.63, 3.8) is 0 Å². The minimum atomic E-state index is -1.45. The van der Waals surface area contributed by atoms with E-state index in [4.69, 9.17) is 5.73 Å². The zero-order valence-electron chi connectivity index (χ0n) is 10.0. The molecule has 2 unspecified atom stereocenters. The number of nitrogens with zero attached hydrogens (tertiary/aromatic N) is 2. The Morgan fingerprint density at radius 1 is 1.58 bits per heavy atom. The third kappa shape index (κ3) is 3.88. The molecule has 1 aromatic rings. The van der Waals surface area contributed by atoms with Gasteiger partial charge in [0.2, 0.25) is 0 Å². The highest BCUT2D eigenvalue weighted by Crippen LogP contribution is 2.30. The van der Waals surface area contributed by atoms with E-state index in [9.17, 15) is 25.1 Å². The number of aliphatic hydroxyl groups is 2. The Morgan fingerprint density at radius 2 is 2.21 bits per heavy atom. The van der Waals surface area contributed by atoms with Crippen LogP contribution in [0.25, 0.3) is 0 Å². The summed E-state index contributed by atoms with van der Waals surface area (Å²) in [4.78, 5) is 24.3. The molecule has 2 atom stereocenters. The fourth-order valence-electron chi connectivity index (χ4n) is 1.36. The van der Waals surface area contributed by atoms with Gasteiger partial charge >= 0.3 is 5.69 Å². The topological polar surface area (TPSA) is 140 Å². The molecular formula is C10H13N3O5S. The van der Waals surface area contributed by atoms with Gasteiger partial charge in [-0.2, -0.15) is 0 Å². The number of nitrogens with two attached hydrogens (primary N) is 1. The van der Waals surface area contributed by atoms with Crippen molar-refractivity contribution in [3.8, 4) is 0 Å². The molecular weight excluding hydrogens is 274 g/mol. The molecule has 4 N–H and O–H groups in total. The number of rotatable bonds is 5. The molecule has 1 rings (SSSR count). The molecule has 8 nitrogen and oxygen atoms in total. The molecule has 19 heavy (non-hydrogen) atoms. The lowest BCUT2D eigenvalue weighted by Crippen LogP contribution is -2.22. The van der Waals surface area contributed by atoms with Crippen molar-refractivity contribution < 1.29 is 19.9 Å². The van der Waals surface area contributed by atoms with Crippen LogP contribution < -0.4 is 5.73 Å². The van der Waals surface area contributed by atoms with Gasteiger partial charge in [0.05, 0.1) is 11.0 Å². The molecule has 0 aromatic carbocycles. The largest absolute Gasteiger partial charge is 0.393 e. The first-order valence-electron chi connectivity index (χ1n) is 5.21. The fraction of sp³-hybridized carbons (Fsp3) is 0.400. The van der Waals surface area contributed by atoms with E-state index in [2.05, 4.69) is 4.98 Å². The lowest BCUT2D eigenvalue weighted by Gasteiger charge is -2.18. The maximum absolute atomic E-state index is 10.8. The molecule has 9 heteroatoms. The molecule has 0 fully saturated rings. The minimum Gasteiger partial charge on any atom is -0.393 e. The number of anilines is 1. The third-order valence-electron chi connectivity index (χ3n) is 2.33. The molecule has 0 aliphatic carbocycles. The molecule has 1 aromatic heterocycles. The van der Waals surface area contributed by atoms with E-state index in [1.165, 1.54) is 6.92 Å². The Kier molecular flexibility index (Phi) is 5.21. The molecule has 0 saturated carbocycles. The first-order valence-corrected chi connectivity index (χ1v) is 6.20. The summed E-state index contributed by atoms with van der Waals surface area (Å²) in [5.74, 6) is -0.0430. The van der Waals surface area contributed by atoms with Crippen molar-refractivity contribution in [2.24, 2.45) is 0 Å². The summed E-state index contributed by atoms with van der Waals surface area (Å²) in [5, 5.41) is 30.0. The highest BCUT2D eigenvalue weighted by Gasteiger charge is 2.25. The van der Waals surface area contributed by atoms with Crippen LogP contribution in [0.3, 0.4) is 0 Å². The van der Waals surface area contributed by atoms with Gasteiger partial charge in [0.1, 0.15) is 18.0 Å². The Bertz CT molecular complexity index is 496. The summed E-state index contributed by atoms with van der Waals surface area (Å²) in [6.07, 6.45) is -0.615. The van der Waals surface area contributed by atoms with E-state index in [0.29, 0.717) is 0 Å². The van der Waals surface area contributed by atoms with Gasteiger partial charge in [0, 0.05) is 24.4 Å². The van der Waals surface area contributed by atoms with Gasteiger partial charge in [-0.05, 0) is 0 Å². The zero-order valence-corrected chi connectivity index (χ0v) is 10.8. The Labute approximate surface area is 112 Å². The van der Waals surface area contributed by atoms with E-state index in [0.717, 1.165) is 24.2 Å². The van der Waals surface area contributed by atoms with Crippen LogP contribution in [0.2, 0.25) is 0 Å². The summed E-state index contributed by atoms with van der Waals surface area (Å²) in [5.41, 5.74) is 4.82. The van der Waals surface area contributed by atoms with Crippen molar-refractivity contribution in [1.82, 2.24) is 4.98 Å². The smallest absolute Gasteiger partial charge is 0.310 e. The third-order valence-corrected chi connectivity index (χ3v) is 3.25. The lowest BCUT2D eigenvalue weighted by atomic mass is 10.1. The molecule has 0 amide bonds. The molecule has 1 heterocycles. The van der Waals surface area contributed by atoms with Crippen LogP contribution in [0, 0.1) is 10.1 Å². The Hall–Kier alpha value is -1.71. The molecule has 104 valence electrons. The molecule has 0 bridgehead atoms. The number of carbonyl (C=O) groups is 1. The van der Waals surface area contributed by atoms with Crippen LogP contribution >= 0.6 is 11.8 Å². The van der Waals surface area contributed by atoms with Gasteiger partial charge in [0.15, 0.2) is 5.12 Å². The number of nitro groups is 1. The SMILES string of the molecule is CC(=O)SCC(O)C(O)c1cncc([N+](=O)[O-])c1N. The van der Waals surface area contributed by atoms with Crippen LogP contribution in [0.4, 0.5) is 11.4 Å². The van der Waals surface area contributed by atoms with Crippen molar-refractivity contribution in [3.05, 3.63) is 28.1 Å². The summed E-state index contributed by atoms with van der Waals surface area (Å²) in [6.45, 7) is 1.33. The van der Waals surface area contributed by atoms with Crippen LogP contribution in [0.1, 0.15) is 18.6 Å².